The van der Waals surface area contributed by atoms with Gasteiger partial charge in [0.15, 0.2) is 0 Å². The molecule has 0 unspecified atom stereocenters. The van der Waals surface area contributed by atoms with E-state index in [1.165, 1.54) is 31.7 Å². The number of carbonyl (C=O) groups excluding carboxylic acids is 1. The quantitative estimate of drug-likeness (QED) is 0.786. The molecule has 0 aliphatic heterocycles. The van der Waals surface area contributed by atoms with Crippen LogP contribution in [0.3, 0.4) is 0 Å². The van der Waals surface area contributed by atoms with Crippen molar-refractivity contribution < 1.29 is 14.7 Å². The summed E-state index contributed by atoms with van der Waals surface area (Å²) in [6.45, 7) is 0. The van der Waals surface area contributed by atoms with Gasteiger partial charge in [-0.3, -0.25) is 4.79 Å². The molecule has 114 valence electrons. The normalized spacial score (nSPS) is 16.2. The van der Waals surface area contributed by atoms with E-state index in [9.17, 15) is 9.59 Å². The molecule has 1 aromatic carbocycles. The van der Waals surface area contributed by atoms with Gasteiger partial charge in [0.05, 0.1) is 5.56 Å². The van der Waals surface area contributed by atoms with Gasteiger partial charge in [-0.15, -0.1) is 0 Å². The van der Waals surface area contributed by atoms with Crippen molar-refractivity contribution in [1.29, 1.82) is 0 Å². The zero-order chi connectivity index (χ0) is 15.2. The molecule has 0 radical (unpaired) electrons. The van der Waals surface area contributed by atoms with Gasteiger partial charge in [-0.05, 0) is 52.9 Å². The molecule has 4 nitrogen and oxygen atoms in total. The number of amides is 1. The topological polar surface area (TPSA) is 66.4 Å². The third-order valence-electron chi connectivity index (χ3n) is 3.93. The maximum absolute atomic E-state index is 12.1. The van der Waals surface area contributed by atoms with E-state index in [2.05, 4.69) is 21.2 Å². The average Bonchev–Trinajstić information content (AvgIpc) is 2.69. The van der Waals surface area contributed by atoms with Crippen LogP contribution in [0.15, 0.2) is 22.7 Å². The molecule has 1 saturated carbocycles. The van der Waals surface area contributed by atoms with Crippen LogP contribution in [0.1, 0.15) is 55.3 Å². The zero-order valence-electron chi connectivity index (χ0n) is 11.9. The Morgan fingerprint density at radius 1 is 1.19 bits per heavy atom. The number of anilines is 1. The van der Waals surface area contributed by atoms with E-state index in [1.807, 2.05) is 0 Å². The zero-order valence-corrected chi connectivity index (χ0v) is 13.5. The smallest absolute Gasteiger partial charge is 0.336 e. The van der Waals surface area contributed by atoms with Gasteiger partial charge in [0.1, 0.15) is 0 Å². The van der Waals surface area contributed by atoms with Gasteiger partial charge in [0, 0.05) is 16.6 Å². The molecule has 0 aromatic heterocycles. The van der Waals surface area contributed by atoms with E-state index in [-0.39, 0.29) is 11.5 Å². The Morgan fingerprint density at radius 2 is 1.86 bits per heavy atom. The molecule has 21 heavy (non-hydrogen) atoms. The van der Waals surface area contributed by atoms with Crippen molar-refractivity contribution in [2.75, 3.05) is 5.32 Å². The lowest BCUT2D eigenvalue weighted by Gasteiger charge is -2.14. The summed E-state index contributed by atoms with van der Waals surface area (Å²) in [6.07, 6.45) is 7.72. The first-order chi connectivity index (χ1) is 10.1. The van der Waals surface area contributed by atoms with Gasteiger partial charge >= 0.3 is 5.97 Å². The fourth-order valence-corrected chi connectivity index (χ4v) is 3.23. The van der Waals surface area contributed by atoms with E-state index in [4.69, 9.17) is 5.11 Å². The number of hydrogen-bond donors (Lipinski definition) is 2. The predicted octanol–water partition coefficient (Wildman–Crippen LogP) is 4.45. The second kappa shape index (κ2) is 7.59. The molecule has 1 aromatic rings. The fraction of sp³-hybridized carbons (Fsp3) is 0.500. The molecule has 1 fully saturated rings. The van der Waals surface area contributed by atoms with Gasteiger partial charge in [-0.1, -0.05) is 25.7 Å². The van der Waals surface area contributed by atoms with Crippen molar-refractivity contribution in [3.8, 4) is 0 Å². The number of aromatic carboxylic acids is 1. The van der Waals surface area contributed by atoms with Crippen molar-refractivity contribution in [2.24, 2.45) is 5.92 Å². The van der Waals surface area contributed by atoms with Crippen LogP contribution >= 0.6 is 15.9 Å². The van der Waals surface area contributed by atoms with E-state index < -0.39 is 5.97 Å². The van der Waals surface area contributed by atoms with Crippen LogP contribution < -0.4 is 5.32 Å². The number of carbonyl (C=O) groups is 2. The highest BCUT2D eigenvalue weighted by Gasteiger charge is 2.17. The summed E-state index contributed by atoms with van der Waals surface area (Å²) >= 11 is 3.19. The number of rotatable bonds is 4. The maximum Gasteiger partial charge on any atom is 0.336 e. The number of halogens is 1. The number of carboxylic acids is 1. The summed E-state index contributed by atoms with van der Waals surface area (Å²) < 4.78 is 0.511. The van der Waals surface area contributed by atoms with Crippen LogP contribution in [-0.2, 0) is 4.79 Å². The minimum absolute atomic E-state index is 0.0273. The maximum atomic E-state index is 12.1. The molecule has 1 aliphatic rings. The van der Waals surface area contributed by atoms with Crippen molar-refractivity contribution in [2.45, 2.75) is 44.9 Å². The number of nitrogens with one attached hydrogen (secondary N) is 1. The second-order valence-corrected chi connectivity index (χ2v) is 6.46. The molecular weight excluding hydrogens is 334 g/mol. The molecule has 0 heterocycles. The van der Waals surface area contributed by atoms with E-state index >= 15 is 0 Å². The predicted molar refractivity (Wildman–Crippen MR) is 85.5 cm³/mol. The molecule has 2 N–H and O–H groups in total. The number of hydrogen-bond acceptors (Lipinski definition) is 2. The lowest BCUT2D eigenvalue weighted by Crippen LogP contribution is -2.16. The SMILES string of the molecule is O=C(CC1CCCCCC1)Nc1ccc(Br)c(C(=O)O)c1. The molecule has 5 heteroatoms. The standard InChI is InChI=1S/C16H20BrNO3/c17-14-8-7-12(10-13(14)16(20)21)18-15(19)9-11-5-3-1-2-4-6-11/h7-8,10-11H,1-6,9H2,(H,18,19)(H,20,21). The van der Waals surface area contributed by atoms with Crippen molar-refractivity contribution in [1.82, 2.24) is 0 Å². The summed E-state index contributed by atoms with van der Waals surface area (Å²) in [5.41, 5.74) is 0.691. The Morgan fingerprint density at radius 3 is 2.48 bits per heavy atom. The molecule has 1 amide bonds. The lowest BCUT2D eigenvalue weighted by molar-refractivity contribution is -0.117. The van der Waals surface area contributed by atoms with Crippen molar-refractivity contribution in [3.05, 3.63) is 28.2 Å². The monoisotopic (exact) mass is 353 g/mol. The summed E-state index contributed by atoms with van der Waals surface area (Å²) in [7, 11) is 0. The summed E-state index contributed by atoms with van der Waals surface area (Å²) in [5, 5.41) is 11.9. The Hall–Kier alpha value is -1.36. The fourth-order valence-electron chi connectivity index (χ4n) is 2.81. The van der Waals surface area contributed by atoms with E-state index in [0.29, 0.717) is 22.5 Å². The van der Waals surface area contributed by atoms with Gasteiger partial charge in [0.25, 0.3) is 0 Å². The molecule has 0 spiro atoms. The Bertz CT molecular complexity index is 522. The highest BCUT2D eigenvalue weighted by Crippen LogP contribution is 2.26. The Balaban J connectivity index is 1.95. The highest BCUT2D eigenvalue weighted by atomic mass is 79.9. The van der Waals surface area contributed by atoms with Crippen molar-refractivity contribution in [3.63, 3.8) is 0 Å². The molecule has 0 saturated heterocycles. The highest BCUT2D eigenvalue weighted by molar-refractivity contribution is 9.10. The first-order valence-corrected chi connectivity index (χ1v) is 8.18. The van der Waals surface area contributed by atoms with Crippen LogP contribution in [0.2, 0.25) is 0 Å². The molecular formula is C16H20BrNO3. The minimum Gasteiger partial charge on any atom is -0.478 e. The van der Waals surface area contributed by atoms with Gasteiger partial charge in [-0.2, -0.15) is 0 Å². The van der Waals surface area contributed by atoms with E-state index in [1.54, 1.807) is 12.1 Å². The summed E-state index contributed by atoms with van der Waals surface area (Å²) in [4.78, 5) is 23.2. The molecule has 1 aliphatic carbocycles. The van der Waals surface area contributed by atoms with Gasteiger partial charge in [-0.25, -0.2) is 4.79 Å². The Kier molecular flexibility index (Phi) is 5.79. The molecule has 0 bridgehead atoms. The van der Waals surface area contributed by atoms with Crippen LogP contribution in [0.25, 0.3) is 0 Å². The third kappa shape index (κ3) is 4.84. The minimum atomic E-state index is -1.01. The van der Waals surface area contributed by atoms with Crippen LogP contribution in [0.5, 0.6) is 0 Å². The Labute approximate surface area is 133 Å². The average molecular weight is 354 g/mol. The third-order valence-corrected chi connectivity index (χ3v) is 4.62. The summed E-state index contributed by atoms with van der Waals surface area (Å²) in [6, 6.07) is 4.84. The first-order valence-electron chi connectivity index (χ1n) is 7.39. The van der Waals surface area contributed by atoms with Crippen LogP contribution in [0, 0.1) is 5.92 Å². The summed E-state index contributed by atoms with van der Waals surface area (Å²) in [5.74, 6) is -0.579. The van der Waals surface area contributed by atoms with E-state index in [0.717, 1.165) is 12.8 Å². The number of carboxylic acid groups (broad SMARTS) is 1. The second-order valence-electron chi connectivity index (χ2n) is 5.61. The largest absolute Gasteiger partial charge is 0.478 e. The van der Waals surface area contributed by atoms with Crippen LogP contribution in [-0.4, -0.2) is 17.0 Å². The molecule has 0 atom stereocenters. The molecule has 2 rings (SSSR count). The van der Waals surface area contributed by atoms with Crippen LogP contribution in [0.4, 0.5) is 5.69 Å². The van der Waals surface area contributed by atoms with Crippen molar-refractivity contribution >= 4 is 33.5 Å². The van der Waals surface area contributed by atoms with Gasteiger partial charge < -0.3 is 10.4 Å². The number of benzene rings is 1. The van der Waals surface area contributed by atoms with Gasteiger partial charge in [0.2, 0.25) is 5.91 Å². The first kappa shape index (κ1) is 16.0. The lowest BCUT2D eigenvalue weighted by atomic mass is 9.96.